The Labute approximate surface area is 101 Å². The highest BCUT2D eigenvalue weighted by Crippen LogP contribution is 2.43. The predicted octanol–water partition coefficient (Wildman–Crippen LogP) is 0.500. The third-order valence-corrected chi connectivity index (χ3v) is 3.73. The Bertz CT molecular complexity index is 309. The van der Waals surface area contributed by atoms with Gasteiger partial charge < -0.3 is 15.7 Å². The van der Waals surface area contributed by atoms with Gasteiger partial charge in [0.25, 0.3) is 0 Å². The molecule has 2 saturated carbocycles. The molecule has 0 radical (unpaired) electrons. The zero-order valence-corrected chi connectivity index (χ0v) is 10.00. The molecule has 0 saturated heterocycles. The highest BCUT2D eigenvalue weighted by Gasteiger charge is 2.39. The number of carboxylic acids is 1. The number of carbonyl (C=O) groups is 2. The van der Waals surface area contributed by atoms with Crippen LogP contribution in [0.15, 0.2) is 0 Å². The van der Waals surface area contributed by atoms with Crippen LogP contribution in [0.5, 0.6) is 0 Å². The monoisotopic (exact) mass is 240 g/mol. The van der Waals surface area contributed by atoms with E-state index in [4.69, 9.17) is 5.11 Å². The zero-order valence-electron chi connectivity index (χ0n) is 10.00. The van der Waals surface area contributed by atoms with E-state index in [1.807, 2.05) is 0 Å². The quantitative estimate of drug-likeness (QED) is 0.605. The molecule has 5 nitrogen and oxygen atoms in total. The van der Waals surface area contributed by atoms with Gasteiger partial charge in [-0.25, -0.2) is 0 Å². The first-order valence-corrected chi connectivity index (χ1v) is 6.32. The molecule has 2 fully saturated rings. The van der Waals surface area contributed by atoms with Crippen molar-refractivity contribution in [3.05, 3.63) is 0 Å². The molecule has 0 aromatic heterocycles. The lowest BCUT2D eigenvalue weighted by atomic mass is 9.66. The molecule has 0 bridgehead atoms. The minimum absolute atomic E-state index is 0.0198. The van der Waals surface area contributed by atoms with Crippen molar-refractivity contribution in [2.24, 2.45) is 5.41 Å². The van der Waals surface area contributed by atoms with Crippen LogP contribution in [-0.2, 0) is 9.59 Å². The summed E-state index contributed by atoms with van der Waals surface area (Å²) < 4.78 is 0. The number of hydrogen-bond acceptors (Lipinski definition) is 3. The summed E-state index contributed by atoms with van der Waals surface area (Å²) in [5, 5.41) is 14.8. The van der Waals surface area contributed by atoms with Gasteiger partial charge in [-0.3, -0.25) is 9.59 Å². The Morgan fingerprint density at radius 2 is 2.00 bits per heavy atom. The number of nitrogens with one attached hydrogen (secondary N) is 2. The Kier molecular flexibility index (Phi) is 3.66. The van der Waals surface area contributed by atoms with E-state index >= 15 is 0 Å². The summed E-state index contributed by atoms with van der Waals surface area (Å²) in [6, 6.07) is 0.525. The first-order chi connectivity index (χ1) is 8.10. The van der Waals surface area contributed by atoms with Crippen LogP contribution >= 0.6 is 0 Å². The highest BCUT2D eigenvalue weighted by atomic mass is 16.4. The third kappa shape index (κ3) is 3.70. The lowest BCUT2D eigenvalue weighted by molar-refractivity contribution is -0.141. The van der Waals surface area contributed by atoms with Gasteiger partial charge in [0.1, 0.15) is 0 Å². The van der Waals surface area contributed by atoms with Gasteiger partial charge >= 0.3 is 5.97 Å². The Balaban J connectivity index is 1.67. The van der Waals surface area contributed by atoms with Crippen LogP contribution in [0, 0.1) is 5.41 Å². The second-order valence-corrected chi connectivity index (χ2v) is 5.36. The van der Waals surface area contributed by atoms with Gasteiger partial charge in [0.15, 0.2) is 0 Å². The van der Waals surface area contributed by atoms with Gasteiger partial charge in [0.05, 0.1) is 13.0 Å². The molecule has 0 spiro atoms. The first kappa shape index (κ1) is 12.4. The van der Waals surface area contributed by atoms with Crippen LogP contribution in [0.2, 0.25) is 0 Å². The van der Waals surface area contributed by atoms with Crippen molar-refractivity contribution in [2.45, 2.75) is 44.6 Å². The third-order valence-electron chi connectivity index (χ3n) is 3.73. The van der Waals surface area contributed by atoms with Gasteiger partial charge in [0, 0.05) is 12.6 Å². The van der Waals surface area contributed by atoms with E-state index in [-0.39, 0.29) is 17.7 Å². The second-order valence-electron chi connectivity index (χ2n) is 5.36. The van der Waals surface area contributed by atoms with Crippen LogP contribution < -0.4 is 10.6 Å². The van der Waals surface area contributed by atoms with Crippen molar-refractivity contribution in [2.75, 3.05) is 13.1 Å². The summed E-state index contributed by atoms with van der Waals surface area (Å²) in [4.78, 5) is 22.3. The van der Waals surface area contributed by atoms with Gasteiger partial charge in [0.2, 0.25) is 5.91 Å². The smallest absolute Gasteiger partial charge is 0.303 e. The van der Waals surface area contributed by atoms with E-state index < -0.39 is 5.97 Å². The fourth-order valence-electron chi connectivity index (χ4n) is 2.29. The van der Waals surface area contributed by atoms with E-state index in [0.717, 1.165) is 32.1 Å². The number of carbonyl (C=O) groups excluding carboxylic acids is 1. The number of hydrogen-bond donors (Lipinski definition) is 3. The lowest BCUT2D eigenvalue weighted by Crippen LogP contribution is -2.45. The molecule has 5 heteroatoms. The van der Waals surface area contributed by atoms with Crippen molar-refractivity contribution in [1.29, 1.82) is 0 Å². The van der Waals surface area contributed by atoms with E-state index in [2.05, 4.69) is 10.6 Å². The lowest BCUT2D eigenvalue weighted by Gasteiger charge is -2.40. The largest absolute Gasteiger partial charge is 0.481 e. The zero-order chi connectivity index (χ0) is 12.3. The van der Waals surface area contributed by atoms with Crippen LogP contribution in [0.3, 0.4) is 0 Å². The van der Waals surface area contributed by atoms with Gasteiger partial charge in [-0.1, -0.05) is 6.42 Å². The molecule has 0 atom stereocenters. The highest BCUT2D eigenvalue weighted by molar-refractivity contribution is 5.78. The second kappa shape index (κ2) is 5.04. The summed E-state index contributed by atoms with van der Waals surface area (Å²) in [5.41, 5.74) is -0.179. The molecule has 0 aromatic rings. The van der Waals surface area contributed by atoms with E-state index in [1.54, 1.807) is 0 Å². The number of carboxylic acid groups (broad SMARTS) is 1. The van der Waals surface area contributed by atoms with Crippen molar-refractivity contribution < 1.29 is 14.7 Å². The molecule has 0 aliphatic heterocycles. The SMILES string of the molecule is O=C(O)CC1(CNC(=O)CNC2CC2)CCC1. The minimum atomic E-state index is -0.768. The van der Waals surface area contributed by atoms with Crippen LogP contribution in [0.1, 0.15) is 38.5 Å². The average molecular weight is 240 g/mol. The molecule has 2 aliphatic carbocycles. The molecular weight excluding hydrogens is 220 g/mol. The van der Waals surface area contributed by atoms with Crippen LogP contribution in [-0.4, -0.2) is 36.1 Å². The van der Waals surface area contributed by atoms with Crippen molar-refractivity contribution >= 4 is 11.9 Å². The molecule has 2 rings (SSSR count). The van der Waals surface area contributed by atoms with Crippen molar-refractivity contribution in [3.8, 4) is 0 Å². The van der Waals surface area contributed by atoms with E-state index in [9.17, 15) is 9.59 Å². The van der Waals surface area contributed by atoms with Crippen LogP contribution in [0.4, 0.5) is 0 Å². The summed E-state index contributed by atoms with van der Waals surface area (Å²) in [6.45, 7) is 0.859. The fourth-order valence-corrected chi connectivity index (χ4v) is 2.29. The summed E-state index contributed by atoms with van der Waals surface area (Å²) in [6.07, 6.45) is 5.39. The molecule has 0 unspecified atom stereocenters. The normalized spacial score (nSPS) is 21.6. The van der Waals surface area contributed by atoms with Crippen LogP contribution in [0.25, 0.3) is 0 Å². The molecule has 1 amide bonds. The molecule has 0 heterocycles. The van der Waals surface area contributed by atoms with Gasteiger partial charge in [-0.2, -0.15) is 0 Å². The fraction of sp³-hybridized carbons (Fsp3) is 0.833. The standard InChI is InChI=1S/C12H20N2O3/c15-10(7-13-9-2-3-9)14-8-12(4-1-5-12)6-11(16)17/h9,13H,1-8H2,(H,14,15)(H,16,17). The molecule has 17 heavy (non-hydrogen) atoms. The molecular formula is C12H20N2O3. The number of aliphatic carboxylic acids is 1. The molecule has 0 aromatic carbocycles. The molecule has 96 valence electrons. The summed E-state index contributed by atoms with van der Waals surface area (Å²) in [5.74, 6) is -0.788. The summed E-state index contributed by atoms with van der Waals surface area (Å²) in [7, 11) is 0. The maximum absolute atomic E-state index is 11.5. The van der Waals surface area contributed by atoms with Crippen molar-refractivity contribution in [3.63, 3.8) is 0 Å². The van der Waals surface area contributed by atoms with Gasteiger partial charge in [-0.15, -0.1) is 0 Å². The topological polar surface area (TPSA) is 78.4 Å². The summed E-state index contributed by atoms with van der Waals surface area (Å²) >= 11 is 0. The average Bonchev–Trinajstić information content (AvgIpc) is 3.02. The van der Waals surface area contributed by atoms with Gasteiger partial charge in [-0.05, 0) is 31.1 Å². The maximum Gasteiger partial charge on any atom is 0.303 e. The van der Waals surface area contributed by atoms with Crippen molar-refractivity contribution in [1.82, 2.24) is 10.6 Å². The maximum atomic E-state index is 11.5. The first-order valence-electron chi connectivity index (χ1n) is 6.32. The minimum Gasteiger partial charge on any atom is -0.481 e. The predicted molar refractivity (Wildman–Crippen MR) is 62.6 cm³/mol. The molecule has 3 N–H and O–H groups in total. The Hall–Kier alpha value is -1.10. The number of rotatable bonds is 7. The van der Waals surface area contributed by atoms with E-state index in [1.165, 1.54) is 0 Å². The Morgan fingerprint density at radius 3 is 2.47 bits per heavy atom. The molecule has 2 aliphatic rings. The Morgan fingerprint density at radius 1 is 1.29 bits per heavy atom. The van der Waals surface area contributed by atoms with E-state index in [0.29, 0.717) is 19.1 Å². The number of amides is 1.